The Morgan fingerprint density at radius 3 is 2.62 bits per heavy atom. The van der Waals surface area contributed by atoms with Gasteiger partial charge in [-0.15, -0.1) is 0 Å². The van der Waals surface area contributed by atoms with Crippen LogP contribution in [0.3, 0.4) is 0 Å². The van der Waals surface area contributed by atoms with Crippen LogP contribution in [0.2, 0.25) is 0 Å². The van der Waals surface area contributed by atoms with Gasteiger partial charge in [0.05, 0.1) is 17.3 Å². The Labute approximate surface area is 216 Å². The number of hydrogen-bond donors (Lipinski definition) is 2. The second kappa shape index (κ2) is 10.6. The highest BCUT2D eigenvalue weighted by Gasteiger charge is 2.23. The number of carbonyl (C=O) groups is 1. The monoisotopic (exact) mass is 498 g/mol. The summed E-state index contributed by atoms with van der Waals surface area (Å²) >= 11 is 0. The lowest BCUT2D eigenvalue weighted by atomic mass is 9.89. The number of rotatable bonds is 7. The molecule has 1 aromatic carbocycles. The summed E-state index contributed by atoms with van der Waals surface area (Å²) in [6, 6.07) is 12.2. The SMILES string of the molecule is CCC(=O)N1CCC(c2ccc(Nc3nc(-c4cnn(CC(C)C)c4)cc4cc[nH]c(=O)c34)cc2)CC1. The fraction of sp³-hybridized carbons (Fsp3) is 0.379. The van der Waals surface area contributed by atoms with Gasteiger partial charge in [-0.05, 0) is 59.9 Å². The third kappa shape index (κ3) is 5.43. The van der Waals surface area contributed by atoms with E-state index >= 15 is 0 Å². The van der Waals surface area contributed by atoms with Crippen molar-refractivity contribution in [1.29, 1.82) is 0 Å². The highest BCUT2D eigenvalue weighted by molar-refractivity contribution is 5.95. The number of likely N-dealkylation sites (tertiary alicyclic amines) is 1. The largest absolute Gasteiger partial charge is 0.343 e. The number of aromatic amines is 1. The fourth-order valence-electron chi connectivity index (χ4n) is 5.08. The van der Waals surface area contributed by atoms with E-state index in [0.29, 0.717) is 29.5 Å². The zero-order valence-corrected chi connectivity index (χ0v) is 21.7. The summed E-state index contributed by atoms with van der Waals surface area (Å²) < 4.78 is 1.93. The van der Waals surface area contributed by atoms with E-state index < -0.39 is 0 Å². The third-order valence-electron chi connectivity index (χ3n) is 7.03. The highest BCUT2D eigenvalue weighted by Crippen LogP contribution is 2.31. The molecule has 4 aromatic rings. The molecule has 0 radical (unpaired) electrons. The Balaban J connectivity index is 1.39. The van der Waals surface area contributed by atoms with E-state index in [-0.39, 0.29) is 11.5 Å². The predicted molar refractivity (Wildman–Crippen MR) is 147 cm³/mol. The molecule has 0 atom stereocenters. The minimum atomic E-state index is -0.181. The van der Waals surface area contributed by atoms with Gasteiger partial charge in [0.15, 0.2) is 0 Å². The van der Waals surface area contributed by atoms with Crippen LogP contribution < -0.4 is 10.9 Å². The van der Waals surface area contributed by atoms with Gasteiger partial charge in [0.2, 0.25) is 5.91 Å². The van der Waals surface area contributed by atoms with Crippen molar-refractivity contribution >= 4 is 28.2 Å². The van der Waals surface area contributed by atoms with Gasteiger partial charge in [0, 0.05) is 49.7 Å². The second-order valence-electron chi connectivity index (χ2n) is 10.2. The number of nitrogens with one attached hydrogen (secondary N) is 2. The third-order valence-corrected chi connectivity index (χ3v) is 7.03. The molecule has 1 fully saturated rings. The average molecular weight is 499 g/mol. The molecule has 8 heteroatoms. The number of aromatic nitrogens is 4. The number of nitrogens with zero attached hydrogens (tertiary/aromatic N) is 4. The van der Waals surface area contributed by atoms with Gasteiger partial charge in [-0.25, -0.2) is 4.98 Å². The fourth-order valence-corrected chi connectivity index (χ4v) is 5.08. The lowest BCUT2D eigenvalue weighted by Crippen LogP contribution is -2.37. The van der Waals surface area contributed by atoms with Crippen LogP contribution in [0.25, 0.3) is 22.0 Å². The topological polar surface area (TPSA) is 95.9 Å². The highest BCUT2D eigenvalue weighted by atomic mass is 16.2. The summed E-state index contributed by atoms with van der Waals surface area (Å²) in [5.74, 6) is 1.69. The Hall–Kier alpha value is -3.94. The smallest absolute Gasteiger partial charge is 0.259 e. The number of fused-ring (bicyclic) bond motifs is 1. The van der Waals surface area contributed by atoms with E-state index in [1.807, 2.05) is 53.2 Å². The van der Waals surface area contributed by atoms with E-state index in [9.17, 15) is 9.59 Å². The molecule has 1 aliphatic rings. The van der Waals surface area contributed by atoms with Crippen LogP contribution in [0.1, 0.15) is 51.5 Å². The molecular formula is C29H34N6O2. The van der Waals surface area contributed by atoms with E-state index in [0.717, 1.165) is 54.8 Å². The van der Waals surface area contributed by atoms with Crippen LogP contribution in [-0.2, 0) is 11.3 Å². The summed E-state index contributed by atoms with van der Waals surface area (Å²) in [5, 5.41) is 9.21. The van der Waals surface area contributed by atoms with Crippen LogP contribution in [-0.4, -0.2) is 43.6 Å². The predicted octanol–water partition coefficient (Wildman–Crippen LogP) is 5.30. The van der Waals surface area contributed by atoms with Crippen LogP contribution in [0.15, 0.2) is 59.8 Å². The quantitative estimate of drug-likeness (QED) is 0.360. The van der Waals surface area contributed by atoms with E-state index in [1.165, 1.54) is 5.56 Å². The van der Waals surface area contributed by atoms with E-state index in [4.69, 9.17) is 4.98 Å². The molecule has 4 heterocycles. The first kappa shape index (κ1) is 24.7. The Morgan fingerprint density at radius 1 is 1.16 bits per heavy atom. The van der Waals surface area contributed by atoms with Gasteiger partial charge in [0.1, 0.15) is 5.82 Å². The maximum Gasteiger partial charge on any atom is 0.259 e. The molecule has 5 rings (SSSR count). The molecule has 192 valence electrons. The van der Waals surface area contributed by atoms with Crippen LogP contribution in [0, 0.1) is 5.92 Å². The number of H-pyrrole nitrogens is 1. The minimum Gasteiger partial charge on any atom is -0.343 e. The van der Waals surface area contributed by atoms with Gasteiger partial charge >= 0.3 is 0 Å². The van der Waals surface area contributed by atoms with Crippen molar-refractivity contribution in [2.75, 3.05) is 18.4 Å². The molecule has 0 bridgehead atoms. The van der Waals surface area contributed by atoms with Gasteiger partial charge < -0.3 is 15.2 Å². The molecule has 1 saturated heterocycles. The molecule has 8 nitrogen and oxygen atoms in total. The minimum absolute atomic E-state index is 0.181. The molecule has 2 N–H and O–H groups in total. The van der Waals surface area contributed by atoms with Crippen molar-refractivity contribution in [3.05, 3.63) is 70.9 Å². The number of benzene rings is 1. The summed E-state index contributed by atoms with van der Waals surface area (Å²) in [7, 11) is 0. The average Bonchev–Trinajstić information content (AvgIpc) is 3.36. The van der Waals surface area contributed by atoms with Gasteiger partial charge in [-0.1, -0.05) is 32.9 Å². The Bertz CT molecular complexity index is 1450. The first-order valence-corrected chi connectivity index (χ1v) is 13.1. The summed E-state index contributed by atoms with van der Waals surface area (Å²) in [5.41, 5.74) is 3.64. The molecule has 3 aromatic heterocycles. The van der Waals surface area contributed by atoms with Crippen LogP contribution in [0.5, 0.6) is 0 Å². The molecular weight excluding hydrogens is 464 g/mol. The van der Waals surface area contributed by atoms with E-state index in [1.54, 1.807) is 6.20 Å². The number of anilines is 2. The van der Waals surface area contributed by atoms with E-state index in [2.05, 4.69) is 41.4 Å². The Kier molecular flexibility index (Phi) is 7.08. The zero-order chi connectivity index (χ0) is 25.9. The first-order chi connectivity index (χ1) is 17.9. The van der Waals surface area contributed by atoms with Crippen molar-refractivity contribution in [2.24, 2.45) is 5.92 Å². The molecule has 1 amide bonds. The summed E-state index contributed by atoms with van der Waals surface area (Å²) in [6.07, 6.45) is 8.01. The van der Waals surface area contributed by atoms with Crippen molar-refractivity contribution in [2.45, 2.75) is 52.5 Å². The van der Waals surface area contributed by atoms with Crippen molar-refractivity contribution in [3.8, 4) is 11.3 Å². The molecule has 0 unspecified atom stereocenters. The number of pyridine rings is 2. The van der Waals surface area contributed by atoms with Crippen molar-refractivity contribution < 1.29 is 4.79 Å². The van der Waals surface area contributed by atoms with Gasteiger partial charge in [-0.3, -0.25) is 14.3 Å². The van der Waals surface area contributed by atoms with Gasteiger partial charge in [-0.2, -0.15) is 5.10 Å². The number of piperidine rings is 1. The maximum absolute atomic E-state index is 12.7. The maximum atomic E-state index is 12.7. The number of amides is 1. The molecule has 1 aliphatic heterocycles. The van der Waals surface area contributed by atoms with Gasteiger partial charge in [0.25, 0.3) is 5.56 Å². The first-order valence-electron chi connectivity index (χ1n) is 13.1. The standard InChI is InChI=1S/C29H34N6O2/c1-4-26(36)34-13-10-21(11-14-34)20-5-7-24(8-6-20)32-28-27-22(9-12-30-29(27)37)15-25(33-28)23-16-31-35(18-23)17-19(2)3/h5-9,12,15-16,18-19,21H,4,10-11,13-14,17H2,1-3H3,(H,30,37)(H,32,33). The second-order valence-corrected chi connectivity index (χ2v) is 10.2. The lowest BCUT2D eigenvalue weighted by Gasteiger charge is -2.32. The Morgan fingerprint density at radius 2 is 1.92 bits per heavy atom. The van der Waals surface area contributed by atoms with Crippen LogP contribution >= 0.6 is 0 Å². The number of carbonyl (C=O) groups excluding carboxylic acids is 1. The lowest BCUT2D eigenvalue weighted by molar-refractivity contribution is -0.131. The molecule has 0 saturated carbocycles. The summed E-state index contributed by atoms with van der Waals surface area (Å²) in [6.45, 7) is 8.70. The summed E-state index contributed by atoms with van der Waals surface area (Å²) in [4.78, 5) is 34.3. The van der Waals surface area contributed by atoms with Crippen molar-refractivity contribution in [1.82, 2.24) is 24.6 Å². The normalized spacial score (nSPS) is 14.4. The number of hydrogen-bond acceptors (Lipinski definition) is 5. The van der Waals surface area contributed by atoms with Crippen LogP contribution in [0.4, 0.5) is 11.5 Å². The zero-order valence-electron chi connectivity index (χ0n) is 21.7. The van der Waals surface area contributed by atoms with Crippen molar-refractivity contribution in [3.63, 3.8) is 0 Å². The molecule has 37 heavy (non-hydrogen) atoms. The molecule has 0 aliphatic carbocycles. The molecule has 0 spiro atoms.